The Kier molecular flexibility index (Phi) is 9.48. The summed E-state index contributed by atoms with van der Waals surface area (Å²) in [6, 6.07) is 21.3. The number of aromatic nitrogens is 2. The number of nitrogens with zero attached hydrogens (tertiary/aromatic N) is 2. The highest BCUT2D eigenvalue weighted by molar-refractivity contribution is 6.31. The van der Waals surface area contributed by atoms with Crippen molar-refractivity contribution in [2.45, 2.75) is 32.0 Å². The van der Waals surface area contributed by atoms with Crippen LogP contribution in [0, 0.1) is 0 Å². The van der Waals surface area contributed by atoms with Gasteiger partial charge < -0.3 is 19.9 Å². The molecule has 2 N–H and O–H groups in total. The first-order chi connectivity index (χ1) is 18.5. The SMILES string of the molecule is CCOC(Cc1ccc(OCCn2ncc3cc(Cl)ccc3c2=O)cc1)C(=O)NC(CO)c1ccccc1. The van der Waals surface area contributed by atoms with E-state index in [0.717, 1.165) is 11.1 Å². The van der Waals surface area contributed by atoms with Gasteiger partial charge in [0.25, 0.3) is 5.56 Å². The van der Waals surface area contributed by atoms with Crippen molar-refractivity contribution in [2.75, 3.05) is 19.8 Å². The maximum Gasteiger partial charge on any atom is 0.274 e. The Bertz CT molecular complexity index is 1410. The van der Waals surface area contributed by atoms with Gasteiger partial charge in [0.15, 0.2) is 0 Å². The van der Waals surface area contributed by atoms with Crippen LogP contribution in [-0.4, -0.2) is 46.7 Å². The molecule has 1 amide bonds. The van der Waals surface area contributed by atoms with E-state index >= 15 is 0 Å². The van der Waals surface area contributed by atoms with E-state index in [1.165, 1.54) is 4.68 Å². The van der Waals surface area contributed by atoms with Gasteiger partial charge in [0.2, 0.25) is 5.91 Å². The van der Waals surface area contributed by atoms with Crippen molar-refractivity contribution < 1.29 is 19.4 Å². The standard InChI is InChI=1S/C29H30ClN3O5/c1-2-37-27(28(35)32-26(19-34)21-6-4-3-5-7-21)16-20-8-11-24(12-9-20)38-15-14-33-29(36)25-13-10-23(30)17-22(25)18-31-33/h3-13,17-18,26-27,34H,2,14-16,19H2,1H3,(H,32,35). The van der Waals surface area contributed by atoms with Crippen molar-refractivity contribution >= 4 is 28.3 Å². The summed E-state index contributed by atoms with van der Waals surface area (Å²) in [7, 11) is 0. The van der Waals surface area contributed by atoms with E-state index in [2.05, 4.69) is 10.4 Å². The fourth-order valence-corrected chi connectivity index (χ4v) is 4.30. The average molecular weight is 536 g/mol. The van der Waals surface area contributed by atoms with E-state index in [9.17, 15) is 14.7 Å². The second-order valence-electron chi connectivity index (χ2n) is 8.70. The molecule has 0 saturated carbocycles. The van der Waals surface area contributed by atoms with Gasteiger partial charge in [0.1, 0.15) is 18.5 Å². The Hall–Kier alpha value is -3.72. The third-order valence-electron chi connectivity index (χ3n) is 6.09. The number of aliphatic hydroxyl groups is 1. The molecule has 1 heterocycles. The zero-order valence-electron chi connectivity index (χ0n) is 21.0. The lowest BCUT2D eigenvalue weighted by molar-refractivity contribution is -0.133. The summed E-state index contributed by atoms with van der Waals surface area (Å²) in [6.45, 7) is 2.55. The largest absolute Gasteiger partial charge is 0.492 e. The lowest BCUT2D eigenvalue weighted by Crippen LogP contribution is -2.41. The van der Waals surface area contributed by atoms with Gasteiger partial charge in [0.05, 0.1) is 30.8 Å². The first kappa shape index (κ1) is 27.3. The van der Waals surface area contributed by atoms with Crippen LogP contribution in [0.15, 0.2) is 83.8 Å². The maximum absolute atomic E-state index is 12.9. The Labute approximate surface area is 225 Å². The van der Waals surface area contributed by atoms with Crippen LogP contribution < -0.4 is 15.6 Å². The monoisotopic (exact) mass is 535 g/mol. The van der Waals surface area contributed by atoms with Gasteiger partial charge in [-0.1, -0.05) is 54.1 Å². The second-order valence-corrected chi connectivity index (χ2v) is 9.14. The van der Waals surface area contributed by atoms with Gasteiger partial charge in [0, 0.05) is 23.4 Å². The van der Waals surface area contributed by atoms with E-state index in [0.29, 0.717) is 41.1 Å². The molecule has 38 heavy (non-hydrogen) atoms. The van der Waals surface area contributed by atoms with Gasteiger partial charge >= 0.3 is 0 Å². The third-order valence-corrected chi connectivity index (χ3v) is 6.33. The van der Waals surface area contributed by atoms with Crippen molar-refractivity contribution in [2.24, 2.45) is 0 Å². The summed E-state index contributed by atoms with van der Waals surface area (Å²) in [4.78, 5) is 25.6. The van der Waals surface area contributed by atoms with Crippen LogP contribution in [0.5, 0.6) is 5.75 Å². The Morgan fingerprint density at radius 3 is 2.58 bits per heavy atom. The zero-order chi connectivity index (χ0) is 26.9. The number of rotatable bonds is 12. The number of hydrogen-bond donors (Lipinski definition) is 2. The maximum atomic E-state index is 12.9. The number of halogens is 1. The van der Waals surface area contributed by atoms with E-state index in [1.807, 2.05) is 61.5 Å². The number of aliphatic hydroxyl groups excluding tert-OH is 1. The number of ether oxygens (including phenoxy) is 2. The number of benzene rings is 3. The molecule has 8 nitrogen and oxygen atoms in total. The summed E-state index contributed by atoms with van der Waals surface area (Å²) in [5.74, 6) is 0.349. The highest BCUT2D eigenvalue weighted by atomic mass is 35.5. The lowest BCUT2D eigenvalue weighted by Gasteiger charge is -2.22. The molecule has 198 valence electrons. The Morgan fingerprint density at radius 1 is 1.11 bits per heavy atom. The van der Waals surface area contributed by atoms with Crippen LogP contribution in [-0.2, 0) is 22.5 Å². The summed E-state index contributed by atoms with van der Waals surface area (Å²) in [5.41, 5.74) is 1.52. The summed E-state index contributed by atoms with van der Waals surface area (Å²) < 4.78 is 12.9. The number of nitrogens with one attached hydrogen (secondary N) is 1. The number of hydrogen-bond acceptors (Lipinski definition) is 6. The molecule has 0 aliphatic heterocycles. The van der Waals surface area contributed by atoms with E-state index in [1.54, 1.807) is 24.4 Å². The molecule has 2 unspecified atom stereocenters. The van der Waals surface area contributed by atoms with E-state index < -0.39 is 12.1 Å². The molecule has 1 aromatic heterocycles. The van der Waals surface area contributed by atoms with E-state index in [-0.39, 0.29) is 24.7 Å². The average Bonchev–Trinajstić information content (AvgIpc) is 2.94. The van der Waals surface area contributed by atoms with Crippen molar-refractivity contribution in [1.82, 2.24) is 15.1 Å². The number of amides is 1. The molecule has 0 saturated heterocycles. The summed E-state index contributed by atoms with van der Waals surface area (Å²) in [5, 5.41) is 18.7. The minimum Gasteiger partial charge on any atom is -0.492 e. The molecular weight excluding hydrogens is 506 g/mol. The van der Waals surface area contributed by atoms with Crippen LogP contribution in [0.1, 0.15) is 24.1 Å². The molecule has 0 aliphatic rings. The number of carbonyl (C=O) groups is 1. The first-order valence-corrected chi connectivity index (χ1v) is 12.8. The molecule has 3 aromatic carbocycles. The first-order valence-electron chi connectivity index (χ1n) is 12.4. The topological polar surface area (TPSA) is 103 Å². The van der Waals surface area contributed by atoms with Gasteiger partial charge in [-0.3, -0.25) is 9.59 Å². The van der Waals surface area contributed by atoms with Crippen LogP contribution in [0.25, 0.3) is 10.8 Å². The third kappa shape index (κ3) is 6.98. The van der Waals surface area contributed by atoms with Crippen molar-refractivity contribution in [3.63, 3.8) is 0 Å². The van der Waals surface area contributed by atoms with Crippen LogP contribution in [0.2, 0.25) is 5.02 Å². The van der Waals surface area contributed by atoms with Crippen LogP contribution in [0.3, 0.4) is 0 Å². The molecule has 0 bridgehead atoms. The van der Waals surface area contributed by atoms with Crippen molar-refractivity contribution in [3.05, 3.63) is 105 Å². The predicted molar refractivity (Wildman–Crippen MR) is 146 cm³/mol. The molecule has 9 heteroatoms. The number of carbonyl (C=O) groups excluding carboxylic acids is 1. The van der Waals surface area contributed by atoms with Gasteiger partial charge in [-0.25, -0.2) is 4.68 Å². The Morgan fingerprint density at radius 2 is 1.87 bits per heavy atom. The molecular formula is C29H30ClN3O5. The zero-order valence-corrected chi connectivity index (χ0v) is 21.8. The fraction of sp³-hybridized carbons (Fsp3) is 0.276. The van der Waals surface area contributed by atoms with Gasteiger partial charge in [-0.15, -0.1) is 0 Å². The summed E-state index contributed by atoms with van der Waals surface area (Å²) in [6.07, 6.45) is 1.28. The van der Waals surface area contributed by atoms with Crippen LogP contribution in [0.4, 0.5) is 0 Å². The normalized spacial score (nSPS) is 12.7. The van der Waals surface area contributed by atoms with Gasteiger partial charge in [-0.05, 0) is 48.4 Å². The number of fused-ring (bicyclic) bond motifs is 1. The second kappa shape index (κ2) is 13.2. The smallest absolute Gasteiger partial charge is 0.274 e. The highest BCUT2D eigenvalue weighted by Crippen LogP contribution is 2.17. The van der Waals surface area contributed by atoms with Gasteiger partial charge in [-0.2, -0.15) is 5.10 Å². The fourth-order valence-electron chi connectivity index (χ4n) is 4.12. The minimum atomic E-state index is -0.703. The molecule has 0 fully saturated rings. The molecule has 4 rings (SSSR count). The minimum absolute atomic E-state index is 0.200. The molecule has 0 aliphatic carbocycles. The van der Waals surface area contributed by atoms with Crippen molar-refractivity contribution in [1.29, 1.82) is 0 Å². The molecule has 2 atom stereocenters. The Balaban J connectivity index is 1.33. The van der Waals surface area contributed by atoms with E-state index in [4.69, 9.17) is 21.1 Å². The predicted octanol–water partition coefficient (Wildman–Crippen LogP) is 3.93. The molecule has 0 spiro atoms. The highest BCUT2D eigenvalue weighted by Gasteiger charge is 2.23. The van der Waals surface area contributed by atoms with Crippen molar-refractivity contribution in [3.8, 4) is 5.75 Å². The van der Waals surface area contributed by atoms with Crippen LogP contribution >= 0.6 is 11.6 Å². The lowest BCUT2D eigenvalue weighted by atomic mass is 10.0. The molecule has 4 aromatic rings. The quantitative estimate of drug-likeness (QED) is 0.285. The molecule has 0 radical (unpaired) electrons. The summed E-state index contributed by atoms with van der Waals surface area (Å²) >= 11 is 5.99.